The third-order valence-electron chi connectivity index (χ3n) is 4.94. The molecule has 3 rings (SSSR count). The fraction of sp³-hybridized carbons (Fsp3) is 0.318. The van der Waals surface area contributed by atoms with Crippen LogP contribution in [0.4, 0.5) is 0 Å². The van der Waals surface area contributed by atoms with Crippen LogP contribution in [-0.4, -0.2) is 45.5 Å². The molecule has 30 heavy (non-hydrogen) atoms. The SMILES string of the molecule is COCCN(C(=O)C(Cl)Cl)C(C)c1nc2ccccc2c(=O)n1-c1ccc(C)cc1. The summed E-state index contributed by atoms with van der Waals surface area (Å²) in [5.41, 5.74) is 2.08. The quantitative estimate of drug-likeness (QED) is 0.512. The molecule has 0 saturated carbocycles. The highest BCUT2D eigenvalue weighted by molar-refractivity contribution is 6.53. The molecular weight excluding hydrogens is 425 g/mol. The van der Waals surface area contributed by atoms with E-state index in [1.165, 1.54) is 9.47 Å². The Labute approximate surface area is 185 Å². The molecule has 0 aliphatic rings. The molecule has 0 radical (unpaired) electrons. The lowest BCUT2D eigenvalue weighted by Gasteiger charge is -2.30. The van der Waals surface area contributed by atoms with Crippen molar-refractivity contribution in [1.29, 1.82) is 0 Å². The Morgan fingerprint density at radius 1 is 1.17 bits per heavy atom. The lowest BCUT2D eigenvalue weighted by atomic mass is 10.1. The molecule has 2 aromatic carbocycles. The van der Waals surface area contributed by atoms with Crippen molar-refractivity contribution in [2.75, 3.05) is 20.3 Å². The van der Waals surface area contributed by atoms with Crippen molar-refractivity contribution >= 4 is 40.0 Å². The van der Waals surface area contributed by atoms with Gasteiger partial charge in [-0.25, -0.2) is 4.98 Å². The fourth-order valence-electron chi connectivity index (χ4n) is 3.32. The zero-order chi connectivity index (χ0) is 21.8. The summed E-state index contributed by atoms with van der Waals surface area (Å²) in [7, 11) is 1.54. The number of hydrogen-bond acceptors (Lipinski definition) is 4. The van der Waals surface area contributed by atoms with E-state index in [-0.39, 0.29) is 12.1 Å². The minimum absolute atomic E-state index is 0.209. The van der Waals surface area contributed by atoms with Crippen molar-refractivity contribution in [3.8, 4) is 5.69 Å². The van der Waals surface area contributed by atoms with Crippen molar-refractivity contribution < 1.29 is 9.53 Å². The monoisotopic (exact) mass is 447 g/mol. The van der Waals surface area contributed by atoms with Gasteiger partial charge >= 0.3 is 0 Å². The molecule has 1 heterocycles. The average molecular weight is 448 g/mol. The maximum absolute atomic E-state index is 13.4. The average Bonchev–Trinajstić information content (AvgIpc) is 2.74. The molecule has 1 amide bonds. The van der Waals surface area contributed by atoms with Crippen LogP contribution >= 0.6 is 23.2 Å². The summed E-state index contributed by atoms with van der Waals surface area (Å²) in [5, 5.41) is 0.497. The lowest BCUT2D eigenvalue weighted by molar-refractivity contribution is -0.132. The van der Waals surface area contributed by atoms with Crippen molar-refractivity contribution in [1.82, 2.24) is 14.5 Å². The molecule has 1 unspecified atom stereocenters. The maximum atomic E-state index is 13.4. The predicted molar refractivity (Wildman–Crippen MR) is 120 cm³/mol. The lowest BCUT2D eigenvalue weighted by Crippen LogP contribution is -2.41. The summed E-state index contributed by atoms with van der Waals surface area (Å²) in [6.07, 6.45) is 0. The van der Waals surface area contributed by atoms with Gasteiger partial charge in [0.2, 0.25) is 0 Å². The number of rotatable bonds is 7. The Bertz CT molecular complexity index is 1100. The van der Waals surface area contributed by atoms with Gasteiger partial charge in [0.15, 0.2) is 4.84 Å². The largest absolute Gasteiger partial charge is 0.383 e. The number of alkyl halides is 2. The van der Waals surface area contributed by atoms with Gasteiger partial charge in [0.1, 0.15) is 5.82 Å². The molecule has 1 atom stereocenters. The summed E-state index contributed by atoms with van der Waals surface area (Å²) >= 11 is 11.8. The van der Waals surface area contributed by atoms with Gasteiger partial charge in [-0.15, -0.1) is 0 Å². The number of carbonyl (C=O) groups is 1. The van der Waals surface area contributed by atoms with Crippen LogP contribution in [0.1, 0.15) is 24.4 Å². The van der Waals surface area contributed by atoms with Gasteiger partial charge in [-0.1, -0.05) is 53.0 Å². The van der Waals surface area contributed by atoms with Crippen LogP contribution in [0.2, 0.25) is 0 Å². The van der Waals surface area contributed by atoms with Gasteiger partial charge in [0.25, 0.3) is 11.5 Å². The Morgan fingerprint density at radius 3 is 2.47 bits per heavy atom. The number of methoxy groups -OCH3 is 1. The number of fused-ring (bicyclic) bond motifs is 1. The molecule has 6 nitrogen and oxygen atoms in total. The molecule has 8 heteroatoms. The number of hydrogen-bond donors (Lipinski definition) is 0. The molecule has 0 bridgehead atoms. The minimum atomic E-state index is -1.23. The number of para-hydroxylation sites is 1. The fourth-order valence-corrected chi connectivity index (χ4v) is 3.57. The van der Waals surface area contributed by atoms with E-state index in [0.717, 1.165) is 5.56 Å². The minimum Gasteiger partial charge on any atom is -0.383 e. The van der Waals surface area contributed by atoms with E-state index < -0.39 is 16.8 Å². The van der Waals surface area contributed by atoms with Gasteiger partial charge in [0, 0.05) is 13.7 Å². The number of nitrogens with zero attached hydrogens (tertiary/aromatic N) is 3. The summed E-state index contributed by atoms with van der Waals surface area (Å²) in [6.45, 7) is 4.31. The second-order valence-corrected chi connectivity index (χ2v) is 8.06. The summed E-state index contributed by atoms with van der Waals surface area (Å²) in [6, 6.07) is 14.1. The van der Waals surface area contributed by atoms with Gasteiger partial charge in [-0.3, -0.25) is 14.2 Å². The van der Waals surface area contributed by atoms with Gasteiger partial charge in [-0.05, 0) is 38.1 Å². The molecule has 1 aromatic heterocycles. The summed E-state index contributed by atoms with van der Waals surface area (Å²) in [4.78, 5) is 31.1. The van der Waals surface area contributed by atoms with Crippen LogP contribution in [0, 0.1) is 6.92 Å². The second kappa shape index (κ2) is 9.60. The highest BCUT2D eigenvalue weighted by atomic mass is 35.5. The first kappa shape index (κ1) is 22.3. The Kier molecular flexibility index (Phi) is 7.13. The first-order chi connectivity index (χ1) is 14.3. The van der Waals surface area contributed by atoms with Crippen LogP contribution in [0.5, 0.6) is 0 Å². The summed E-state index contributed by atoms with van der Waals surface area (Å²) in [5.74, 6) is -0.0539. The van der Waals surface area contributed by atoms with E-state index in [4.69, 9.17) is 32.9 Å². The van der Waals surface area contributed by atoms with E-state index in [1.807, 2.05) is 37.3 Å². The number of aromatic nitrogens is 2. The standard InChI is InChI=1S/C22H23Cl2N3O3/c1-14-8-10-16(11-9-14)27-20(25-18-7-5-4-6-17(18)21(27)28)15(2)26(12-13-30-3)22(29)19(23)24/h4-11,15,19H,12-13H2,1-3H3. The first-order valence-electron chi connectivity index (χ1n) is 9.51. The van der Waals surface area contributed by atoms with Crippen molar-refractivity contribution in [3.05, 3.63) is 70.3 Å². The van der Waals surface area contributed by atoms with Crippen molar-refractivity contribution in [3.63, 3.8) is 0 Å². The van der Waals surface area contributed by atoms with Crippen LogP contribution < -0.4 is 5.56 Å². The number of amides is 1. The summed E-state index contributed by atoms with van der Waals surface area (Å²) < 4.78 is 6.68. The van der Waals surface area contributed by atoms with Crippen LogP contribution in [0.3, 0.4) is 0 Å². The molecule has 0 fully saturated rings. The van der Waals surface area contributed by atoms with E-state index in [0.29, 0.717) is 29.0 Å². The zero-order valence-electron chi connectivity index (χ0n) is 17.0. The number of carbonyl (C=O) groups excluding carboxylic acids is 1. The normalized spacial score (nSPS) is 12.3. The third-order valence-corrected chi connectivity index (χ3v) is 5.31. The van der Waals surface area contributed by atoms with Crippen LogP contribution in [-0.2, 0) is 9.53 Å². The molecule has 0 saturated heterocycles. The molecule has 0 N–H and O–H groups in total. The second-order valence-electron chi connectivity index (χ2n) is 6.96. The molecule has 0 aliphatic carbocycles. The third kappa shape index (κ3) is 4.51. The maximum Gasteiger partial charge on any atom is 0.266 e. The zero-order valence-corrected chi connectivity index (χ0v) is 18.5. The van der Waals surface area contributed by atoms with Crippen molar-refractivity contribution in [2.24, 2.45) is 0 Å². The highest BCUT2D eigenvalue weighted by Crippen LogP contribution is 2.25. The van der Waals surface area contributed by atoms with E-state index in [9.17, 15) is 9.59 Å². The molecular formula is C22H23Cl2N3O3. The number of aryl methyl sites for hydroxylation is 1. The van der Waals surface area contributed by atoms with Gasteiger partial charge in [-0.2, -0.15) is 0 Å². The van der Waals surface area contributed by atoms with E-state index in [1.54, 1.807) is 32.2 Å². The Morgan fingerprint density at radius 2 is 1.83 bits per heavy atom. The first-order valence-corrected chi connectivity index (χ1v) is 10.4. The van der Waals surface area contributed by atoms with Crippen LogP contribution in [0.25, 0.3) is 16.6 Å². The molecule has 3 aromatic rings. The topological polar surface area (TPSA) is 64.4 Å². The van der Waals surface area contributed by atoms with Crippen LogP contribution in [0.15, 0.2) is 53.3 Å². The van der Waals surface area contributed by atoms with Crippen molar-refractivity contribution in [2.45, 2.75) is 24.7 Å². The van der Waals surface area contributed by atoms with Gasteiger partial charge in [0.05, 0.1) is 29.2 Å². The highest BCUT2D eigenvalue weighted by Gasteiger charge is 2.29. The predicted octanol–water partition coefficient (Wildman–Crippen LogP) is 4.03. The van der Waals surface area contributed by atoms with Gasteiger partial charge < -0.3 is 9.64 Å². The number of ether oxygens (including phenoxy) is 1. The molecule has 158 valence electrons. The Balaban J connectivity index is 2.24. The van der Waals surface area contributed by atoms with E-state index in [2.05, 4.69) is 0 Å². The Hall–Kier alpha value is -2.41. The number of halogens is 2. The number of benzene rings is 2. The smallest absolute Gasteiger partial charge is 0.266 e. The van der Waals surface area contributed by atoms with E-state index >= 15 is 0 Å². The molecule has 0 aliphatic heterocycles. The molecule has 0 spiro atoms.